The normalized spacial score (nSPS) is 14.9. The van der Waals surface area contributed by atoms with Crippen molar-refractivity contribution in [3.8, 4) is 28.6 Å². The molecule has 2 heterocycles. The second kappa shape index (κ2) is 14.9. The standard InChI is InChI=1S/C34H35F3N6O4S/c1-21(2)28-17-16-27(46-4)18-29(28)43-30(44)19-48-33(43)40-32(45)39-22(3)6-5-7-23-8-10-24(11-9-23)31-38-20-42(41-31)25-12-14-26(15-13-25)47-34(35,36)37/h8-18,20-22H,5-7,19H2,1-4H3,(H,39,45)/b40-33-. The zero-order valence-electron chi connectivity index (χ0n) is 26.8. The number of carbonyl (C=O) groups excluding carboxylic acids is 2. The maximum atomic E-state index is 12.9. The Balaban J connectivity index is 1.13. The molecule has 0 saturated carbocycles. The van der Waals surface area contributed by atoms with Gasteiger partial charge in [-0.05, 0) is 73.6 Å². The van der Waals surface area contributed by atoms with Crippen molar-refractivity contribution in [3.63, 3.8) is 0 Å². The van der Waals surface area contributed by atoms with Crippen molar-refractivity contribution < 1.29 is 32.2 Å². The molecule has 0 aliphatic carbocycles. The van der Waals surface area contributed by atoms with Crippen LogP contribution < -0.4 is 19.7 Å². The first-order valence-corrected chi connectivity index (χ1v) is 16.3. The molecule has 0 spiro atoms. The van der Waals surface area contributed by atoms with E-state index in [1.165, 1.54) is 51.9 Å². The van der Waals surface area contributed by atoms with Gasteiger partial charge >= 0.3 is 12.4 Å². The Hall–Kier alpha value is -4.85. The first kappa shape index (κ1) is 34.5. The molecule has 3 amide bonds. The second-order valence-electron chi connectivity index (χ2n) is 11.5. The van der Waals surface area contributed by atoms with E-state index in [0.29, 0.717) is 28.1 Å². The predicted molar refractivity (Wildman–Crippen MR) is 179 cm³/mol. The lowest BCUT2D eigenvalue weighted by atomic mass is 10.00. The molecule has 48 heavy (non-hydrogen) atoms. The number of urea groups is 1. The number of hydrogen-bond acceptors (Lipinski definition) is 7. The van der Waals surface area contributed by atoms with Crippen LogP contribution in [0.25, 0.3) is 17.1 Å². The predicted octanol–water partition coefficient (Wildman–Crippen LogP) is 7.52. The van der Waals surface area contributed by atoms with Gasteiger partial charge in [0.2, 0.25) is 5.91 Å². The maximum Gasteiger partial charge on any atom is 0.573 e. The summed E-state index contributed by atoms with van der Waals surface area (Å²) in [5.41, 5.74) is 4.06. The SMILES string of the molecule is COc1ccc(C(C)C)c(N2C(=O)CS/C2=N\C(=O)NC(C)CCCc2ccc(-c3ncn(-c4ccc(OC(F)(F)F)cc4)n3)cc2)c1. The fraction of sp³-hybridized carbons (Fsp3) is 0.324. The number of nitrogens with zero attached hydrogens (tertiary/aromatic N) is 5. The van der Waals surface area contributed by atoms with Gasteiger partial charge in [-0.1, -0.05) is 55.9 Å². The van der Waals surface area contributed by atoms with Crippen molar-refractivity contribution in [3.05, 3.63) is 84.2 Å². The molecule has 1 N–H and O–H groups in total. The molecule has 3 aromatic carbocycles. The van der Waals surface area contributed by atoms with Crippen LogP contribution in [-0.2, 0) is 11.2 Å². The van der Waals surface area contributed by atoms with E-state index >= 15 is 0 Å². The lowest BCUT2D eigenvalue weighted by Crippen LogP contribution is -2.34. The highest BCUT2D eigenvalue weighted by Crippen LogP contribution is 2.36. The van der Waals surface area contributed by atoms with Crippen molar-refractivity contribution in [1.29, 1.82) is 0 Å². The number of rotatable bonds is 11. The van der Waals surface area contributed by atoms with Gasteiger partial charge in [0, 0.05) is 17.7 Å². The highest BCUT2D eigenvalue weighted by molar-refractivity contribution is 8.15. The summed E-state index contributed by atoms with van der Waals surface area (Å²) in [4.78, 5) is 35.8. The molecule has 0 bridgehead atoms. The van der Waals surface area contributed by atoms with Crippen molar-refractivity contribution in [2.24, 2.45) is 4.99 Å². The number of halogens is 3. The first-order valence-electron chi connectivity index (χ1n) is 15.3. The molecule has 1 aliphatic heterocycles. The second-order valence-corrected chi connectivity index (χ2v) is 12.4. The number of amidine groups is 1. The van der Waals surface area contributed by atoms with E-state index in [1.807, 2.05) is 57.2 Å². The van der Waals surface area contributed by atoms with Gasteiger partial charge in [0.15, 0.2) is 11.0 Å². The van der Waals surface area contributed by atoms with Gasteiger partial charge in [0.05, 0.1) is 24.2 Å². The van der Waals surface area contributed by atoms with E-state index in [0.717, 1.165) is 36.0 Å². The van der Waals surface area contributed by atoms with Crippen LogP contribution in [0.15, 0.2) is 78.0 Å². The average molecular weight is 681 g/mol. The van der Waals surface area contributed by atoms with Crippen molar-refractivity contribution in [1.82, 2.24) is 20.1 Å². The number of aliphatic imine (C=N–C) groups is 1. The van der Waals surface area contributed by atoms with Crippen LogP contribution in [-0.4, -0.2) is 57.1 Å². The number of alkyl halides is 3. The van der Waals surface area contributed by atoms with E-state index in [9.17, 15) is 22.8 Å². The highest BCUT2D eigenvalue weighted by Gasteiger charge is 2.33. The average Bonchev–Trinajstić information content (AvgIpc) is 3.67. The third-order valence-corrected chi connectivity index (χ3v) is 8.50. The maximum absolute atomic E-state index is 12.9. The molecule has 0 radical (unpaired) electrons. The van der Waals surface area contributed by atoms with Crippen molar-refractivity contribution in [2.45, 2.75) is 58.4 Å². The minimum absolute atomic E-state index is 0.137. The molecule has 1 unspecified atom stereocenters. The molecule has 252 valence electrons. The Morgan fingerprint density at radius 2 is 1.75 bits per heavy atom. The first-order chi connectivity index (χ1) is 22.9. The zero-order chi connectivity index (χ0) is 34.4. The summed E-state index contributed by atoms with van der Waals surface area (Å²) in [5.74, 6) is 0.983. The third kappa shape index (κ3) is 8.73. The number of aromatic nitrogens is 3. The number of ether oxygens (including phenoxy) is 2. The lowest BCUT2D eigenvalue weighted by Gasteiger charge is -2.22. The van der Waals surface area contributed by atoms with Crippen LogP contribution in [0.3, 0.4) is 0 Å². The molecular weight excluding hydrogens is 645 g/mol. The molecule has 1 saturated heterocycles. The van der Waals surface area contributed by atoms with Gasteiger partial charge in [-0.3, -0.25) is 9.69 Å². The molecule has 1 fully saturated rings. The number of hydrogen-bond donors (Lipinski definition) is 1. The summed E-state index contributed by atoms with van der Waals surface area (Å²) in [7, 11) is 1.57. The molecule has 1 aliphatic rings. The van der Waals surface area contributed by atoms with Crippen LogP contribution in [0, 0.1) is 0 Å². The van der Waals surface area contributed by atoms with Crippen LogP contribution in [0.5, 0.6) is 11.5 Å². The number of anilines is 1. The Morgan fingerprint density at radius 3 is 2.42 bits per heavy atom. The number of thioether (sulfide) groups is 1. The van der Waals surface area contributed by atoms with E-state index in [1.54, 1.807) is 13.2 Å². The van der Waals surface area contributed by atoms with E-state index < -0.39 is 12.4 Å². The zero-order valence-corrected chi connectivity index (χ0v) is 27.6. The Labute approximate surface area is 280 Å². The van der Waals surface area contributed by atoms with Crippen LogP contribution >= 0.6 is 11.8 Å². The fourth-order valence-electron chi connectivity index (χ4n) is 5.17. The number of amides is 3. The highest BCUT2D eigenvalue weighted by atomic mass is 32.2. The number of benzene rings is 3. The van der Waals surface area contributed by atoms with E-state index in [4.69, 9.17) is 4.74 Å². The number of aryl methyl sites for hydroxylation is 1. The lowest BCUT2D eigenvalue weighted by molar-refractivity contribution is -0.274. The van der Waals surface area contributed by atoms with Gasteiger partial charge in [-0.2, -0.15) is 4.99 Å². The quantitative estimate of drug-likeness (QED) is 0.174. The summed E-state index contributed by atoms with van der Waals surface area (Å²) in [5, 5.41) is 7.70. The summed E-state index contributed by atoms with van der Waals surface area (Å²) < 4.78 is 48.0. The van der Waals surface area contributed by atoms with Gasteiger partial charge in [0.25, 0.3) is 0 Å². The molecule has 10 nitrogen and oxygen atoms in total. The molecule has 5 rings (SSSR count). The molecular formula is C34H35F3N6O4S. The Kier molecular flexibility index (Phi) is 10.7. The van der Waals surface area contributed by atoms with Crippen molar-refractivity contribution >= 4 is 34.6 Å². The van der Waals surface area contributed by atoms with Crippen LogP contribution in [0.2, 0.25) is 0 Å². The third-order valence-electron chi connectivity index (χ3n) is 7.57. The van der Waals surface area contributed by atoms with Crippen molar-refractivity contribution in [2.75, 3.05) is 17.8 Å². The summed E-state index contributed by atoms with van der Waals surface area (Å²) in [6, 6.07) is 18.1. The van der Waals surface area contributed by atoms with E-state index in [-0.39, 0.29) is 29.4 Å². The number of carbonyl (C=O) groups is 2. The molecule has 1 atom stereocenters. The largest absolute Gasteiger partial charge is 0.573 e. The van der Waals surface area contributed by atoms with Crippen LogP contribution in [0.4, 0.5) is 23.7 Å². The summed E-state index contributed by atoms with van der Waals surface area (Å²) in [6.45, 7) is 6.00. The number of methoxy groups -OCH3 is 1. The van der Waals surface area contributed by atoms with Gasteiger partial charge in [-0.15, -0.1) is 18.3 Å². The number of nitrogens with one attached hydrogen (secondary N) is 1. The Bertz CT molecular complexity index is 1770. The molecule has 14 heteroatoms. The minimum Gasteiger partial charge on any atom is -0.497 e. The summed E-state index contributed by atoms with van der Waals surface area (Å²) in [6.07, 6.45) is -0.934. The molecule has 1 aromatic heterocycles. The topological polar surface area (TPSA) is 111 Å². The smallest absolute Gasteiger partial charge is 0.497 e. The summed E-state index contributed by atoms with van der Waals surface area (Å²) >= 11 is 1.24. The monoisotopic (exact) mass is 680 g/mol. The Morgan fingerprint density at radius 1 is 1.04 bits per heavy atom. The van der Waals surface area contributed by atoms with Crippen LogP contribution in [0.1, 0.15) is 50.7 Å². The van der Waals surface area contributed by atoms with Gasteiger partial charge in [0.1, 0.15) is 17.8 Å². The van der Waals surface area contributed by atoms with Gasteiger partial charge < -0.3 is 14.8 Å². The minimum atomic E-state index is -4.75. The molecule has 4 aromatic rings. The van der Waals surface area contributed by atoms with Gasteiger partial charge in [-0.25, -0.2) is 14.5 Å². The fourth-order valence-corrected chi connectivity index (χ4v) is 6.03. The van der Waals surface area contributed by atoms with E-state index in [2.05, 4.69) is 25.1 Å².